The summed E-state index contributed by atoms with van der Waals surface area (Å²) in [5.41, 5.74) is -1.88. The van der Waals surface area contributed by atoms with Gasteiger partial charge in [-0.2, -0.15) is 13.2 Å². The lowest BCUT2D eigenvalue weighted by molar-refractivity contribution is -0.137. The van der Waals surface area contributed by atoms with E-state index < -0.39 is 35.0 Å². The van der Waals surface area contributed by atoms with Gasteiger partial charge in [0.1, 0.15) is 17.3 Å². The van der Waals surface area contributed by atoms with Crippen LogP contribution in [0.25, 0.3) is 22.0 Å². The number of nitrogens with one attached hydrogen (secondary N) is 1. The van der Waals surface area contributed by atoms with Crippen molar-refractivity contribution in [3.05, 3.63) is 42.0 Å². The van der Waals surface area contributed by atoms with Crippen molar-refractivity contribution in [2.24, 2.45) is 0 Å². The van der Waals surface area contributed by atoms with E-state index in [1.807, 2.05) is 0 Å². The van der Waals surface area contributed by atoms with E-state index in [1.165, 1.54) is 18.5 Å². The molecule has 2 unspecified atom stereocenters. The maximum absolute atomic E-state index is 14.6. The van der Waals surface area contributed by atoms with Crippen LogP contribution in [-0.4, -0.2) is 37.5 Å². The smallest absolute Gasteiger partial charge is 0.416 e. The van der Waals surface area contributed by atoms with Gasteiger partial charge in [0.15, 0.2) is 5.82 Å². The fourth-order valence-electron chi connectivity index (χ4n) is 3.73. The minimum absolute atomic E-state index is 0.106. The van der Waals surface area contributed by atoms with Gasteiger partial charge in [-0.3, -0.25) is 4.98 Å². The molecule has 4 rings (SSSR count). The van der Waals surface area contributed by atoms with Crippen molar-refractivity contribution in [2.75, 3.05) is 5.32 Å². The Morgan fingerprint density at radius 2 is 1.83 bits per heavy atom. The number of aliphatic hydroxyl groups is 1. The standard InChI is InChI=1S/C20H18F4N4O2/c21-13-7-10(20(22,23)24)8-16(30)17(13)18-11-5-6-25-9-12(11)19(28-27-18)26-14-3-1-2-4-15(14)29/h5-9,14-15,29-30H,1-4H2,(H,26,28). The molecule has 0 amide bonds. The zero-order valence-electron chi connectivity index (χ0n) is 15.6. The lowest BCUT2D eigenvalue weighted by Gasteiger charge is -2.29. The molecule has 1 aliphatic carbocycles. The topological polar surface area (TPSA) is 91.2 Å². The number of halogens is 4. The summed E-state index contributed by atoms with van der Waals surface area (Å²) in [6, 6.07) is 2.04. The predicted octanol–water partition coefficient (Wildman–Crippen LogP) is 4.27. The lowest BCUT2D eigenvalue weighted by Crippen LogP contribution is -2.36. The van der Waals surface area contributed by atoms with Crippen molar-refractivity contribution in [1.82, 2.24) is 15.2 Å². The molecule has 1 saturated carbocycles. The first-order chi connectivity index (χ1) is 14.3. The molecule has 0 radical (unpaired) electrons. The van der Waals surface area contributed by atoms with Crippen molar-refractivity contribution in [3.8, 4) is 17.0 Å². The molecule has 0 bridgehead atoms. The van der Waals surface area contributed by atoms with Crippen molar-refractivity contribution in [3.63, 3.8) is 0 Å². The van der Waals surface area contributed by atoms with E-state index in [1.54, 1.807) is 0 Å². The first-order valence-electron chi connectivity index (χ1n) is 9.41. The first kappa shape index (κ1) is 20.3. The maximum Gasteiger partial charge on any atom is 0.416 e. The van der Waals surface area contributed by atoms with Crippen LogP contribution >= 0.6 is 0 Å². The van der Waals surface area contributed by atoms with Gasteiger partial charge in [-0.25, -0.2) is 4.39 Å². The van der Waals surface area contributed by atoms with Crippen LogP contribution in [0, 0.1) is 5.82 Å². The van der Waals surface area contributed by atoms with E-state index in [4.69, 9.17) is 0 Å². The fraction of sp³-hybridized carbons (Fsp3) is 0.350. The van der Waals surface area contributed by atoms with E-state index in [-0.39, 0.29) is 11.7 Å². The van der Waals surface area contributed by atoms with Gasteiger partial charge in [-0.15, -0.1) is 10.2 Å². The third-order valence-electron chi connectivity index (χ3n) is 5.27. The molecular formula is C20H18F4N4O2. The highest BCUT2D eigenvalue weighted by Gasteiger charge is 2.33. The molecule has 2 aromatic heterocycles. The van der Waals surface area contributed by atoms with Gasteiger partial charge >= 0.3 is 6.18 Å². The summed E-state index contributed by atoms with van der Waals surface area (Å²) >= 11 is 0. The van der Waals surface area contributed by atoms with Gasteiger partial charge in [0.2, 0.25) is 0 Å². The number of alkyl halides is 3. The Kier molecular flexibility index (Phi) is 5.19. The highest BCUT2D eigenvalue weighted by molar-refractivity contribution is 6.00. The number of benzene rings is 1. The number of aromatic hydroxyl groups is 1. The molecular weight excluding hydrogens is 404 g/mol. The van der Waals surface area contributed by atoms with Crippen LogP contribution in [-0.2, 0) is 6.18 Å². The second-order valence-corrected chi connectivity index (χ2v) is 7.27. The number of aromatic nitrogens is 3. The van der Waals surface area contributed by atoms with E-state index in [2.05, 4.69) is 20.5 Å². The van der Waals surface area contributed by atoms with Crippen molar-refractivity contribution in [2.45, 2.75) is 44.0 Å². The number of fused-ring (bicyclic) bond motifs is 1. The van der Waals surface area contributed by atoms with Gasteiger partial charge in [0, 0.05) is 23.2 Å². The third-order valence-corrected chi connectivity index (χ3v) is 5.27. The number of rotatable bonds is 3. The molecule has 158 valence electrons. The summed E-state index contributed by atoms with van der Waals surface area (Å²) in [5, 5.41) is 32.3. The zero-order valence-corrected chi connectivity index (χ0v) is 15.6. The van der Waals surface area contributed by atoms with E-state index >= 15 is 0 Å². The molecule has 3 aromatic rings. The molecule has 2 atom stereocenters. The Morgan fingerprint density at radius 1 is 1.07 bits per heavy atom. The third kappa shape index (κ3) is 3.74. The minimum Gasteiger partial charge on any atom is -0.507 e. The van der Waals surface area contributed by atoms with Crippen LogP contribution < -0.4 is 5.32 Å². The summed E-state index contributed by atoms with van der Waals surface area (Å²) in [6.07, 6.45) is 0.798. The lowest BCUT2D eigenvalue weighted by atomic mass is 9.92. The number of anilines is 1. The number of hydrogen-bond donors (Lipinski definition) is 3. The van der Waals surface area contributed by atoms with Crippen LogP contribution in [0.3, 0.4) is 0 Å². The van der Waals surface area contributed by atoms with Gasteiger partial charge in [0.05, 0.1) is 23.3 Å². The zero-order chi connectivity index (χ0) is 21.5. The largest absolute Gasteiger partial charge is 0.507 e. The van der Waals surface area contributed by atoms with Gasteiger partial charge in [-0.1, -0.05) is 12.8 Å². The van der Waals surface area contributed by atoms with E-state index in [9.17, 15) is 27.8 Å². The average Bonchev–Trinajstić information content (AvgIpc) is 2.70. The number of pyridine rings is 1. The second-order valence-electron chi connectivity index (χ2n) is 7.27. The number of hydrogen-bond acceptors (Lipinski definition) is 6. The maximum atomic E-state index is 14.6. The van der Waals surface area contributed by atoms with Crippen molar-refractivity contribution < 1.29 is 27.8 Å². The Morgan fingerprint density at radius 3 is 2.53 bits per heavy atom. The summed E-state index contributed by atoms with van der Waals surface area (Å²) in [5.74, 6) is -1.84. The second kappa shape index (κ2) is 7.67. The number of phenolic OH excluding ortho intramolecular Hbond substituents is 1. The minimum atomic E-state index is -4.80. The van der Waals surface area contributed by atoms with Crippen molar-refractivity contribution >= 4 is 16.6 Å². The molecule has 3 N–H and O–H groups in total. The van der Waals surface area contributed by atoms with Crippen LogP contribution in [0.5, 0.6) is 5.75 Å². The highest BCUT2D eigenvalue weighted by atomic mass is 19.4. The first-order valence-corrected chi connectivity index (χ1v) is 9.41. The van der Waals surface area contributed by atoms with Crippen LogP contribution in [0.1, 0.15) is 31.2 Å². The van der Waals surface area contributed by atoms with Crippen LogP contribution in [0.15, 0.2) is 30.6 Å². The Hall–Kier alpha value is -3.01. The molecule has 2 heterocycles. The van der Waals surface area contributed by atoms with Gasteiger partial charge in [0.25, 0.3) is 0 Å². The SMILES string of the molecule is Oc1cc(C(F)(F)F)cc(F)c1-c1nnc(NC2CCCCC2O)c2cnccc12. The quantitative estimate of drug-likeness (QED) is 0.546. The summed E-state index contributed by atoms with van der Waals surface area (Å²) in [7, 11) is 0. The van der Waals surface area contributed by atoms with E-state index in [0.29, 0.717) is 35.1 Å². The van der Waals surface area contributed by atoms with Gasteiger partial charge < -0.3 is 15.5 Å². The molecule has 6 nitrogen and oxygen atoms in total. The monoisotopic (exact) mass is 422 g/mol. The Balaban J connectivity index is 1.81. The van der Waals surface area contributed by atoms with Crippen LogP contribution in [0.4, 0.5) is 23.4 Å². The normalized spacial score (nSPS) is 19.8. The average molecular weight is 422 g/mol. The summed E-state index contributed by atoms with van der Waals surface area (Å²) in [4.78, 5) is 4.04. The molecule has 10 heteroatoms. The number of phenols is 1. The number of nitrogens with zero attached hydrogens (tertiary/aromatic N) is 3. The molecule has 1 aliphatic rings. The number of aliphatic hydroxyl groups excluding tert-OH is 1. The predicted molar refractivity (Wildman–Crippen MR) is 101 cm³/mol. The van der Waals surface area contributed by atoms with E-state index in [0.717, 1.165) is 19.3 Å². The molecule has 0 spiro atoms. The molecule has 30 heavy (non-hydrogen) atoms. The summed E-state index contributed by atoms with van der Waals surface area (Å²) < 4.78 is 53.3. The fourth-order valence-corrected chi connectivity index (χ4v) is 3.73. The molecule has 1 aromatic carbocycles. The molecule has 0 aliphatic heterocycles. The van der Waals surface area contributed by atoms with Crippen LogP contribution in [0.2, 0.25) is 0 Å². The Bertz CT molecular complexity index is 1070. The summed E-state index contributed by atoms with van der Waals surface area (Å²) in [6.45, 7) is 0. The molecule has 1 fully saturated rings. The van der Waals surface area contributed by atoms with Gasteiger partial charge in [-0.05, 0) is 31.0 Å². The van der Waals surface area contributed by atoms with Crippen molar-refractivity contribution in [1.29, 1.82) is 0 Å². The highest BCUT2D eigenvalue weighted by Crippen LogP contribution is 2.40. The molecule has 0 saturated heterocycles. The Labute approximate surface area is 168 Å².